The van der Waals surface area contributed by atoms with Gasteiger partial charge in [0.05, 0.1) is 6.04 Å². The number of amides is 1. The third kappa shape index (κ3) is 5.47. The Kier molecular flexibility index (Phi) is 7.47. The summed E-state index contributed by atoms with van der Waals surface area (Å²) in [6.07, 6.45) is 0. The van der Waals surface area contributed by atoms with Crippen molar-refractivity contribution in [3.05, 3.63) is 75.4 Å². The average Bonchev–Trinajstić information content (AvgIpc) is 3.22. The number of halogens is 2. The maximum atomic E-state index is 12.7. The highest BCUT2D eigenvalue weighted by Gasteiger charge is 2.20. The van der Waals surface area contributed by atoms with E-state index in [1.54, 1.807) is 6.07 Å². The number of rotatable bonds is 8. The molecule has 0 saturated carbocycles. The molecule has 0 aliphatic heterocycles. The molecule has 1 aromatic heterocycles. The van der Waals surface area contributed by atoms with Crippen molar-refractivity contribution in [2.45, 2.75) is 19.9 Å². The molecule has 3 aromatic rings. The molecule has 0 radical (unpaired) electrons. The number of carbonyl (C=O) groups excluding carboxylic acids is 1. The fourth-order valence-corrected chi connectivity index (χ4v) is 3.61. The van der Waals surface area contributed by atoms with Crippen molar-refractivity contribution in [2.75, 3.05) is 19.6 Å². The first-order chi connectivity index (χ1) is 14.0. The van der Waals surface area contributed by atoms with Crippen molar-refractivity contribution in [2.24, 2.45) is 0 Å². The Labute approximate surface area is 184 Å². The lowest BCUT2D eigenvalue weighted by atomic mass is 10.0. The number of nitrogens with one attached hydrogen (secondary N) is 1. The first kappa shape index (κ1) is 21.6. The minimum Gasteiger partial charge on any atom is -0.355 e. The van der Waals surface area contributed by atoms with Crippen LogP contribution in [0.2, 0.25) is 5.02 Å². The summed E-state index contributed by atoms with van der Waals surface area (Å²) in [5.41, 5.74) is 2.23. The second kappa shape index (κ2) is 10.1. The van der Waals surface area contributed by atoms with Gasteiger partial charge >= 0.3 is 0 Å². The van der Waals surface area contributed by atoms with Crippen molar-refractivity contribution in [1.29, 1.82) is 0 Å². The summed E-state index contributed by atoms with van der Waals surface area (Å²) < 4.78 is 6.33. The zero-order valence-corrected chi connectivity index (χ0v) is 18.7. The van der Waals surface area contributed by atoms with Gasteiger partial charge in [0.1, 0.15) is 0 Å². The lowest BCUT2D eigenvalue weighted by Gasteiger charge is -2.30. The third-order valence-electron chi connectivity index (χ3n) is 4.84. The van der Waals surface area contributed by atoms with E-state index in [0.717, 1.165) is 28.7 Å². The molecule has 152 valence electrons. The third-order valence-corrected chi connectivity index (χ3v) is 5.62. The second-order valence-electron chi connectivity index (χ2n) is 6.58. The molecular formula is C22H23BrClN3O2. The molecule has 5 nitrogen and oxygen atoms in total. The summed E-state index contributed by atoms with van der Waals surface area (Å²) in [7, 11) is 0. The summed E-state index contributed by atoms with van der Waals surface area (Å²) in [6.45, 7) is 6.42. The first-order valence-corrected chi connectivity index (χ1v) is 10.7. The molecule has 0 saturated heterocycles. The molecule has 3 rings (SSSR count). The number of carbonyl (C=O) groups is 1. The molecule has 1 atom stereocenters. The molecule has 0 fully saturated rings. The zero-order valence-electron chi connectivity index (χ0n) is 16.4. The summed E-state index contributed by atoms with van der Waals surface area (Å²) >= 11 is 9.43. The van der Waals surface area contributed by atoms with E-state index in [2.05, 4.69) is 45.2 Å². The zero-order chi connectivity index (χ0) is 20.8. The van der Waals surface area contributed by atoms with Crippen LogP contribution in [0.3, 0.4) is 0 Å². The number of aromatic nitrogens is 1. The van der Waals surface area contributed by atoms with Crippen molar-refractivity contribution < 1.29 is 9.32 Å². The predicted molar refractivity (Wildman–Crippen MR) is 119 cm³/mol. The van der Waals surface area contributed by atoms with Gasteiger partial charge in [0, 0.05) is 27.7 Å². The van der Waals surface area contributed by atoms with Gasteiger partial charge in [-0.3, -0.25) is 9.69 Å². The van der Waals surface area contributed by atoms with E-state index in [-0.39, 0.29) is 17.6 Å². The largest absolute Gasteiger partial charge is 0.355 e. The highest BCUT2D eigenvalue weighted by Crippen LogP contribution is 2.24. The minimum atomic E-state index is -0.261. The van der Waals surface area contributed by atoms with E-state index >= 15 is 0 Å². The molecule has 2 aromatic carbocycles. The molecule has 0 spiro atoms. The van der Waals surface area contributed by atoms with Crippen molar-refractivity contribution in [3.63, 3.8) is 0 Å². The van der Waals surface area contributed by atoms with Gasteiger partial charge in [0.15, 0.2) is 11.5 Å². The van der Waals surface area contributed by atoms with E-state index in [1.807, 2.05) is 48.5 Å². The number of benzene rings is 2. The lowest BCUT2D eigenvalue weighted by Crippen LogP contribution is -2.38. The highest BCUT2D eigenvalue weighted by atomic mass is 79.9. The molecule has 0 aliphatic rings. The number of nitrogens with zero attached hydrogens (tertiary/aromatic N) is 2. The van der Waals surface area contributed by atoms with E-state index in [9.17, 15) is 4.79 Å². The molecule has 29 heavy (non-hydrogen) atoms. The normalized spacial score (nSPS) is 12.2. The summed E-state index contributed by atoms with van der Waals surface area (Å²) in [6, 6.07) is 17.1. The van der Waals surface area contributed by atoms with Gasteiger partial charge < -0.3 is 9.84 Å². The van der Waals surface area contributed by atoms with Gasteiger partial charge in [-0.25, -0.2) is 0 Å². The van der Waals surface area contributed by atoms with Crippen molar-refractivity contribution in [1.82, 2.24) is 15.4 Å². The summed E-state index contributed by atoms with van der Waals surface area (Å²) in [4.78, 5) is 14.9. The van der Waals surface area contributed by atoms with E-state index in [4.69, 9.17) is 16.1 Å². The molecule has 1 amide bonds. The Bertz CT molecular complexity index is 937. The van der Waals surface area contributed by atoms with Crippen LogP contribution in [0.5, 0.6) is 0 Å². The summed E-state index contributed by atoms with van der Waals surface area (Å²) in [5, 5.41) is 7.62. The van der Waals surface area contributed by atoms with Crippen LogP contribution in [0.25, 0.3) is 11.3 Å². The van der Waals surface area contributed by atoms with Gasteiger partial charge in [-0.2, -0.15) is 0 Å². The van der Waals surface area contributed by atoms with Gasteiger partial charge in [-0.1, -0.05) is 70.8 Å². The van der Waals surface area contributed by atoms with Crippen LogP contribution in [-0.2, 0) is 0 Å². The number of hydrogen-bond acceptors (Lipinski definition) is 4. The fourth-order valence-electron chi connectivity index (χ4n) is 3.22. The Morgan fingerprint density at radius 3 is 2.41 bits per heavy atom. The van der Waals surface area contributed by atoms with Crippen LogP contribution in [0.15, 0.2) is 63.6 Å². The van der Waals surface area contributed by atoms with Gasteiger partial charge in [-0.15, -0.1) is 0 Å². The van der Waals surface area contributed by atoms with Gasteiger partial charge in [0.25, 0.3) is 5.91 Å². The fraction of sp³-hybridized carbons (Fsp3) is 0.273. The molecule has 1 N–H and O–H groups in total. The lowest BCUT2D eigenvalue weighted by molar-refractivity contribution is 0.0926. The van der Waals surface area contributed by atoms with Crippen LogP contribution in [-0.4, -0.2) is 35.6 Å². The molecule has 7 heteroatoms. The maximum absolute atomic E-state index is 12.7. The van der Waals surface area contributed by atoms with Crippen LogP contribution in [0.4, 0.5) is 0 Å². The van der Waals surface area contributed by atoms with Crippen LogP contribution in [0, 0.1) is 0 Å². The molecule has 1 heterocycles. The number of hydrogen-bond donors (Lipinski definition) is 1. The monoisotopic (exact) mass is 475 g/mol. The molecule has 0 unspecified atom stereocenters. The maximum Gasteiger partial charge on any atom is 0.273 e. The Morgan fingerprint density at radius 1 is 1.14 bits per heavy atom. The Hall–Kier alpha value is -2.15. The molecular weight excluding hydrogens is 454 g/mol. The van der Waals surface area contributed by atoms with E-state index in [0.29, 0.717) is 17.3 Å². The van der Waals surface area contributed by atoms with Crippen LogP contribution >= 0.6 is 27.5 Å². The standard InChI is InChI=1S/C22H23BrClN3O2/c1-3-27(4-2)20(15-7-11-18(24)12-8-15)14-25-22(28)19-13-21(29-26-19)16-5-9-17(23)10-6-16/h5-13,20H,3-4,14H2,1-2H3,(H,25,28)/t20-/m0/s1. The highest BCUT2D eigenvalue weighted by molar-refractivity contribution is 9.10. The average molecular weight is 477 g/mol. The van der Waals surface area contributed by atoms with Gasteiger partial charge in [-0.05, 0) is 42.9 Å². The first-order valence-electron chi connectivity index (χ1n) is 9.52. The van der Waals surface area contributed by atoms with Crippen molar-refractivity contribution in [3.8, 4) is 11.3 Å². The van der Waals surface area contributed by atoms with Crippen molar-refractivity contribution >= 4 is 33.4 Å². The van der Waals surface area contributed by atoms with Crippen LogP contribution in [0.1, 0.15) is 35.9 Å². The number of likely N-dealkylation sites (N-methyl/N-ethyl adjacent to an activating group) is 1. The Morgan fingerprint density at radius 2 is 1.79 bits per heavy atom. The predicted octanol–water partition coefficient (Wildman–Crippen LogP) is 5.57. The minimum absolute atomic E-state index is 0.0454. The smallest absolute Gasteiger partial charge is 0.273 e. The Balaban J connectivity index is 1.71. The molecule has 0 bridgehead atoms. The second-order valence-corrected chi connectivity index (χ2v) is 7.93. The summed E-state index contributed by atoms with van der Waals surface area (Å²) in [5.74, 6) is 0.295. The topological polar surface area (TPSA) is 58.4 Å². The quantitative estimate of drug-likeness (QED) is 0.462. The SMILES string of the molecule is CCN(CC)[C@@H](CNC(=O)c1cc(-c2ccc(Br)cc2)on1)c1ccc(Cl)cc1. The van der Waals surface area contributed by atoms with Crippen LogP contribution < -0.4 is 5.32 Å². The molecule has 0 aliphatic carbocycles. The van der Waals surface area contributed by atoms with E-state index < -0.39 is 0 Å². The van der Waals surface area contributed by atoms with E-state index in [1.165, 1.54) is 0 Å². The van der Waals surface area contributed by atoms with Gasteiger partial charge in [0.2, 0.25) is 0 Å².